The number of hydrogen-bond donors (Lipinski definition) is 4. The number of ketones is 1. The molecule has 7 heteroatoms. The van der Waals surface area contributed by atoms with Gasteiger partial charge in [-0.3, -0.25) is 14.4 Å². The summed E-state index contributed by atoms with van der Waals surface area (Å²) in [7, 11) is 1.76. The van der Waals surface area contributed by atoms with Crippen molar-refractivity contribution >= 4 is 17.6 Å². The Labute approximate surface area is 113 Å². The maximum atomic E-state index is 11.3. The zero-order chi connectivity index (χ0) is 14.7. The minimum absolute atomic E-state index is 0.0530. The van der Waals surface area contributed by atoms with Gasteiger partial charge in [0, 0.05) is 6.54 Å². The van der Waals surface area contributed by atoms with E-state index < -0.39 is 0 Å². The summed E-state index contributed by atoms with van der Waals surface area (Å²) in [5, 5.41) is 8.01. The van der Waals surface area contributed by atoms with Crippen LogP contribution in [0.3, 0.4) is 0 Å². The van der Waals surface area contributed by atoms with Gasteiger partial charge in [0.25, 0.3) is 0 Å². The minimum atomic E-state index is -0.353. The van der Waals surface area contributed by atoms with Gasteiger partial charge in [-0.2, -0.15) is 0 Å². The molecule has 0 bridgehead atoms. The third-order valence-electron chi connectivity index (χ3n) is 2.71. The Bertz CT molecular complexity index is 307. The molecule has 7 nitrogen and oxygen atoms in total. The summed E-state index contributed by atoms with van der Waals surface area (Å²) in [4.78, 5) is 33.2. The van der Waals surface area contributed by atoms with Crippen LogP contribution in [-0.2, 0) is 14.4 Å². The summed E-state index contributed by atoms with van der Waals surface area (Å²) >= 11 is 0. The molecule has 0 aromatic carbocycles. The molecule has 0 saturated heterocycles. The molecule has 1 atom stereocenters. The summed E-state index contributed by atoms with van der Waals surface area (Å²) in [5.41, 5.74) is 5.09. The Morgan fingerprint density at radius 2 is 1.79 bits per heavy atom. The first kappa shape index (κ1) is 17.5. The largest absolute Gasteiger partial charge is 0.355 e. The molecule has 2 amide bonds. The van der Waals surface area contributed by atoms with Crippen LogP contribution in [0, 0.1) is 0 Å². The lowest BCUT2D eigenvalue weighted by molar-refractivity contribution is -0.125. The van der Waals surface area contributed by atoms with E-state index >= 15 is 0 Å². The summed E-state index contributed by atoms with van der Waals surface area (Å²) in [5.74, 6) is -0.469. The van der Waals surface area contributed by atoms with Crippen LogP contribution in [0.1, 0.15) is 26.2 Å². The van der Waals surface area contributed by atoms with E-state index in [0.717, 1.165) is 19.3 Å². The third-order valence-corrected chi connectivity index (χ3v) is 2.71. The van der Waals surface area contributed by atoms with Crippen molar-refractivity contribution in [1.82, 2.24) is 16.0 Å². The molecule has 0 aromatic heterocycles. The molecule has 110 valence electrons. The second-order valence-electron chi connectivity index (χ2n) is 4.28. The Hall–Kier alpha value is -1.47. The number of carbonyl (C=O) groups excluding carboxylic acids is 3. The van der Waals surface area contributed by atoms with E-state index in [9.17, 15) is 14.4 Å². The smallest absolute Gasteiger partial charge is 0.239 e. The summed E-state index contributed by atoms with van der Waals surface area (Å²) in [6.45, 7) is 1.92. The highest BCUT2D eigenvalue weighted by atomic mass is 16.2. The van der Waals surface area contributed by atoms with E-state index in [1.54, 1.807) is 14.0 Å². The quantitative estimate of drug-likeness (QED) is 0.362. The van der Waals surface area contributed by atoms with Gasteiger partial charge in [0.05, 0.1) is 19.1 Å². The molecule has 5 N–H and O–H groups in total. The van der Waals surface area contributed by atoms with Crippen LogP contribution in [0.25, 0.3) is 0 Å². The highest BCUT2D eigenvalue weighted by molar-refractivity contribution is 5.85. The average Bonchev–Trinajstić information content (AvgIpc) is 2.39. The first-order chi connectivity index (χ1) is 9.01. The Morgan fingerprint density at radius 1 is 1.11 bits per heavy atom. The topological polar surface area (TPSA) is 113 Å². The standard InChI is InChI=1S/C12H24N4O3/c1-9(17)10(14-2)5-3-4-6-15-12(19)8-16-11(18)7-13/h10,14H,3-8,13H2,1-2H3,(H,15,19)(H,16,18). The van der Waals surface area contributed by atoms with E-state index in [0.29, 0.717) is 6.54 Å². The average molecular weight is 272 g/mol. The SMILES string of the molecule is CNC(CCCCNC(=O)CNC(=O)CN)C(C)=O. The van der Waals surface area contributed by atoms with Gasteiger partial charge in [0.15, 0.2) is 0 Å². The number of carbonyl (C=O) groups is 3. The molecule has 1 unspecified atom stereocenters. The van der Waals surface area contributed by atoms with Crippen molar-refractivity contribution in [3.63, 3.8) is 0 Å². The first-order valence-corrected chi connectivity index (χ1v) is 6.42. The predicted octanol–water partition coefficient (Wildman–Crippen LogP) is -1.48. The van der Waals surface area contributed by atoms with Crippen LogP contribution in [0.2, 0.25) is 0 Å². The molecule has 0 aliphatic heterocycles. The highest BCUT2D eigenvalue weighted by Crippen LogP contribution is 2.00. The van der Waals surface area contributed by atoms with Gasteiger partial charge in [0.2, 0.25) is 11.8 Å². The Kier molecular flexibility index (Phi) is 9.64. The lowest BCUT2D eigenvalue weighted by Gasteiger charge is -2.12. The molecule has 19 heavy (non-hydrogen) atoms. The number of rotatable bonds is 10. The van der Waals surface area contributed by atoms with Crippen LogP contribution >= 0.6 is 0 Å². The molecule has 0 saturated carbocycles. The monoisotopic (exact) mass is 272 g/mol. The molecule has 0 rings (SSSR count). The molecular weight excluding hydrogens is 248 g/mol. The molecule has 0 aliphatic rings. The van der Waals surface area contributed by atoms with Gasteiger partial charge in [-0.05, 0) is 33.2 Å². The lowest BCUT2D eigenvalue weighted by atomic mass is 10.1. The summed E-state index contributed by atoms with van der Waals surface area (Å²) in [6, 6.07) is -0.112. The highest BCUT2D eigenvalue weighted by Gasteiger charge is 2.10. The van der Waals surface area contributed by atoms with Crippen LogP contribution in [0.4, 0.5) is 0 Å². The number of amides is 2. The van der Waals surface area contributed by atoms with E-state index in [2.05, 4.69) is 16.0 Å². The van der Waals surface area contributed by atoms with Crippen molar-refractivity contribution < 1.29 is 14.4 Å². The van der Waals surface area contributed by atoms with E-state index in [4.69, 9.17) is 5.73 Å². The van der Waals surface area contributed by atoms with Gasteiger partial charge >= 0.3 is 0 Å². The second-order valence-corrected chi connectivity index (χ2v) is 4.28. The fraction of sp³-hybridized carbons (Fsp3) is 0.750. The first-order valence-electron chi connectivity index (χ1n) is 6.42. The number of nitrogens with one attached hydrogen (secondary N) is 3. The van der Waals surface area contributed by atoms with E-state index in [1.807, 2.05) is 0 Å². The number of likely N-dealkylation sites (N-methyl/N-ethyl adjacent to an activating group) is 1. The van der Waals surface area contributed by atoms with Crippen molar-refractivity contribution in [3.8, 4) is 0 Å². The van der Waals surface area contributed by atoms with Crippen LogP contribution in [-0.4, -0.2) is 50.3 Å². The van der Waals surface area contributed by atoms with Crippen LogP contribution < -0.4 is 21.7 Å². The molecule has 0 aliphatic carbocycles. The van der Waals surface area contributed by atoms with Crippen molar-refractivity contribution in [2.24, 2.45) is 5.73 Å². The molecule has 0 radical (unpaired) electrons. The van der Waals surface area contributed by atoms with Gasteiger partial charge in [-0.25, -0.2) is 0 Å². The van der Waals surface area contributed by atoms with Crippen molar-refractivity contribution in [1.29, 1.82) is 0 Å². The number of nitrogens with two attached hydrogens (primary N) is 1. The Balaban J connectivity index is 3.56. The molecule has 0 heterocycles. The van der Waals surface area contributed by atoms with Crippen LogP contribution in [0.15, 0.2) is 0 Å². The number of unbranched alkanes of at least 4 members (excludes halogenated alkanes) is 1. The maximum Gasteiger partial charge on any atom is 0.239 e. The van der Waals surface area contributed by atoms with Gasteiger partial charge in [-0.15, -0.1) is 0 Å². The molecule has 0 fully saturated rings. The van der Waals surface area contributed by atoms with Gasteiger partial charge in [0.1, 0.15) is 5.78 Å². The van der Waals surface area contributed by atoms with Crippen molar-refractivity contribution in [3.05, 3.63) is 0 Å². The molecule has 0 spiro atoms. The van der Waals surface area contributed by atoms with E-state index in [-0.39, 0.29) is 36.7 Å². The van der Waals surface area contributed by atoms with Crippen molar-refractivity contribution in [2.45, 2.75) is 32.2 Å². The molecule has 0 aromatic rings. The van der Waals surface area contributed by atoms with Gasteiger partial charge in [-0.1, -0.05) is 0 Å². The third kappa shape index (κ3) is 9.15. The van der Waals surface area contributed by atoms with Crippen molar-refractivity contribution in [2.75, 3.05) is 26.7 Å². The normalized spacial score (nSPS) is 11.7. The zero-order valence-electron chi connectivity index (χ0n) is 11.6. The lowest BCUT2D eigenvalue weighted by Crippen LogP contribution is -2.39. The predicted molar refractivity (Wildman–Crippen MR) is 72.5 cm³/mol. The van der Waals surface area contributed by atoms with Crippen LogP contribution in [0.5, 0.6) is 0 Å². The second kappa shape index (κ2) is 10.5. The maximum absolute atomic E-state index is 11.3. The number of Topliss-reactive ketones (excluding diaryl/α,β-unsaturated/α-hetero) is 1. The summed E-state index contributed by atoms with van der Waals surface area (Å²) < 4.78 is 0. The Morgan fingerprint density at radius 3 is 2.32 bits per heavy atom. The van der Waals surface area contributed by atoms with E-state index in [1.165, 1.54) is 0 Å². The summed E-state index contributed by atoms with van der Waals surface area (Å²) in [6.07, 6.45) is 2.40. The molecular formula is C12H24N4O3. The fourth-order valence-electron chi connectivity index (χ4n) is 1.57. The zero-order valence-corrected chi connectivity index (χ0v) is 11.6. The van der Waals surface area contributed by atoms with Gasteiger partial charge < -0.3 is 21.7 Å². The fourth-order valence-corrected chi connectivity index (χ4v) is 1.57. The minimum Gasteiger partial charge on any atom is -0.355 e. The number of hydrogen-bond acceptors (Lipinski definition) is 5.